The number of carbonyl (C=O) groups is 2. The largest absolute Gasteiger partial charge is 0.334 e. The summed E-state index contributed by atoms with van der Waals surface area (Å²) in [6.07, 6.45) is 4.96. The third-order valence-electron chi connectivity index (χ3n) is 5.61. The van der Waals surface area contributed by atoms with E-state index in [0.717, 1.165) is 29.2 Å². The molecule has 0 atom stereocenters. The monoisotopic (exact) mass is 388 g/mol. The molecule has 0 bridgehead atoms. The van der Waals surface area contributed by atoms with Gasteiger partial charge in [0.1, 0.15) is 0 Å². The zero-order chi connectivity index (χ0) is 20.2. The van der Waals surface area contributed by atoms with Crippen molar-refractivity contribution in [1.29, 1.82) is 0 Å². The van der Waals surface area contributed by atoms with Gasteiger partial charge in [-0.2, -0.15) is 0 Å². The van der Waals surface area contributed by atoms with Crippen molar-refractivity contribution in [3.05, 3.63) is 72.1 Å². The molecular weight excluding hydrogens is 364 g/mol. The number of benzene rings is 2. The summed E-state index contributed by atoms with van der Waals surface area (Å²) in [4.78, 5) is 31.0. The normalized spacial score (nSPS) is 14.7. The minimum atomic E-state index is -0.621. The van der Waals surface area contributed by atoms with Crippen LogP contribution in [0.4, 0.5) is 5.69 Å². The Bertz CT molecular complexity index is 1040. The standard InChI is InChI=1S/C23H24N4O2/c24-13-17-5-1-3-7-19(17)16-9-11-27(12-10-16)23(29)22(28)26-21-15-25-14-18-6-2-4-8-20(18)21/h1-8,14-16H,9-13,24H2,(H,26,28). The second kappa shape index (κ2) is 8.41. The van der Waals surface area contributed by atoms with Crippen LogP contribution in [0, 0.1) is 0 Å². The molecule has 1 fully saturated rings. The van der Waals surface area contributed by atoms with Crippen molar-refractivity contribution in [3.63, 3.8) is 0 Å². The summed E-state index contributed by atoms with van der Waals surface area (Å²) >= 11 is 0. The van der Waals surface area contributed by atoms with Gasteiger partial charge < -0.3 is 16.0 Å². The molecule has 6 heteroatoms. The number of pyridine rings is 1. The van der Waals surface area contributed by atoms with Gasteiger partial charge in [0.2, 0.25) is 0 Å². The quantitative estimate of drug-likeness (QED) is 0.675. The van der Waals surface area contributed by atoms with Gasteiger partial charge in [0.15, 0.2) is 0 Å². The number of nitrogens with zero attached hydrogens (tertiary/aromatic N) is 2. The summed E-state index contributed by atoms with van der Waals surface area (Å²) in [5.41, 5.74) is 8.82. The molecule has 0 radical (unpaired) electrons. The highest BCUT2D eigenvalue weighted by Gasteiger charge is 2.28. The fourth-order valence-corrected chi connectivity index (χ4v) is 4.05. The number of piperidine rings is 1. The van der Waals surface area contributed by atoms with E-state index in [-0.39, 0.29) is 0 Å². The number of nitrogens with one attached hydrogen (secondary N) is 1. The van der Waals surface area contributed by atoms with Crippen molar-refractivity contribution in [2.24, 2.45) is 5.73 Å². The Morgan fingerprint density at radius 2 is 1.76 bits per heavy atom. The average Bonchev–Trinajstić information content (AvgIpc) is 2.79. The highest BCUT2D eigenvalue weighted by molar-refractivity contribution is 6.40. The van der Waals surface area contributed by atoms with Crippen LogP contribution in [-0.4, -0.2) is 34.8 Å². The molecule has 4 rings (SSSR count). The number of carbonyl (C=O) groups excluding carboxylic acids is 2. The lowest BCUT2D eigenvalue weighted by Gasteiger charge is -2.32. The van der Waals surface area contributed by atoms with Gasteiger partial charge in [-0.25, -0.2) is 0 Å². The molecule has 2 aromatic carbocycles. The van der Waals surface area contributed by atoms with Crippen LogP contribution < -0.4 is 11.1 Å². The second-order valence-electron chi connectivity index (χ2n) is 7.33. The molecule has 1 aromatic heterocycles. The van der Waals surface area contributed by atoms with E-state index in [9.17, 15) is 9.59 Å². The number of rotatable bonds is 3. The van der Waals surface area contributed by atoms with Crippen molar-refractivity contribution in [1.82, 2.24) is 9.88 Å². The Labute approximate surface area is 169 Å². The lowest BCUT2D eigenvalue weighted by atomic mass is 9.86. The van der Waals surface area contributed by atoms with E-state index >= 15 is 0 Å². The number of likely N-dealkylation sites (tertiary alicyclic amines) is 1. The van der Waals surface area contributed by atoms with Gasteiger partial charge in [-0.05, 0) is 29.9 Å². The first-order chi connectivity index (χ1) is 14.2. The smallest absolute Gasteiger partial charge is 0.313 e. The van der Waals surface area contributed by atoms with Gasteiger partial charge in [-0.15, -0.1) is 0 Å². The summed E-state index contributed by atoms with van der Waals surface area (Å²) in [5.74, 6) is -0.753. The Kier molecular flexibility index (Phi) is 5.53. The van der Waals surface area contributed by atoms with Crippen molar-refractivity contribution in [2.75, 3.05) is 18.4 Å². The lowest BCUT2D eigenvalue weighted by molar-refractivity contribution is -0.143. The SMILES string of the molecule is NCc1ccccc1C1CCN(C(=O)C(=O)Nc2cncc3ccccc23)CC1. The van der Waals surface area contributed by atoms with Crippen LogP contribution in [0.1, 0.15) is 29.9 Å². The Balaban J connectivity index is 1.41. The first kappa shape index (κ1) is 19.1. The van der Waals surface area contributed by atoms with Crippen LogP contribution in [0.25, 0.3) is 10.8 Å². The van der Waals surface area contributed by atoms with E-state index in [4.69, 9.17) is 5.73 Å². The molecule has 148 valence electrons. The average molecular weight is 388 g/mol. The number of amides is 2. The first-order valence-electron chi connectivity index (χ1n) is 9.88. The fraction of sp³-hybridized carbons (Fsp3) is 0.261. The number of anilines is 1. The van der Waals surface area contributed by atoms with Crippen LogP contribution >= 0.6 is 0 Å². The summed E-state index contributed by atoms with van der Waals surface area (Å²) in [6.45, 7) is 1.63. The molecule has 2 heterocycles. The predicted octanol–water partition coefficient (Wildman–Crippen LogP) is 3.04. The molecule has 2 amide bonds. The summed E-state index contributed by atoms with van der Waals surface area (Å²) in [7, 11) is 0. The Morgan fingerprint density at radius 3 is 2.55 bits per heavy atom. The maximum absolute atomic E-state index is 12.7. The van der Waals surface area contributed by atoms with Crippen molar-refractivity contribution < 1.29 is 9.59 Å². The lowest BCUT2D eigenvalue weighted by Crippen LogP contribution is -2.44. The molecule has 0 unspecified atom stereocenters. The van der Waals surface area contributed by atoms with Crippen molar-refractivity contribution >= 4 is 28.3 Å². The molecule has 1 aliphatic rings. The van der Waals surface area contributed by atoms with Crippen LogP contribution in [-0.2, 0) is 16.1 Å². The van der Waals surface area contributed by atoms with Crippen LogP contribution in [0.5, 0.6) is 0 Å². The number of fused-ring (bicyclic) bond motifs is 1. The van der Waals surface area contributed by atoms with Gasteiger partial charge >= 0.3 is 11.8 Å². The number of hydrogen-bond donors (Lipinski definition) is 2. The molecular formula is C23H24N4O2. The zero-order valence-electron chi connectivity index (χ0n) is 16.2. The summed E-state index contributed by atoms with van der Waals surface area (Å²) in [5, 5.41) is 4.51. The number of hydrogen-bond acceptors (Lipinski definition) is 4. The second-order valence-corrected chi connectivity index (χ2v) is 7.33. The van der Waals surface area contributed by atoms with Crippen LogP contribution in [0.2, 0.25) is 0 Å². The zero-order valence-corrected chi connectivity index (χ0v) is 16.2. The molecule has 0 spiro atoms. The number of nitrogens with two attached hydrogens (primary N) is 1. The fourth-order valence-electron chi connectivity index (χ4n) is 4.05. The van der Waals surface area contributed by atoms with E-state index in [1.807, 2.05) is 36.4 Å². The highest BCUT2D eigenvalue weighted by Crippen LogP contribution is 2.30. The van der Waals surface area contributed by atoms with Crippen molar-refractivity contribution in [2.45, 2.75) is 25.3 Å². The van der Waals surface area contributed by atoms with Crippen LogP contribution in [0.15, 0.2) is 60.9 Å². The van der Waals surface area contributed by atoms with Gasteiger partial charge in [0.25, 0.3) is 0 Å². The predicted molar refractivity (Wildman–Crippen MR) is 113 cm³/mol. The van der Waals surface area contributed by atoms with E-state index in [2.05, 4.69) is 22.4 Å². The Morgan fingerprint density at radius 1 is 1.03 bits per heavy atom. The van der Waals surface area contributed by atoms with Gasteiger partial charge in [-0.1, -0.05) is 48.5 Å². The molecule has 1 aliphatic heterocycles. The molecule has 1 saturated heterocycles. The number of aromatic nitrogens is 1. The Hall–Kier alpha value is -3.25. The molecule has 3 aromatic rings. The third kappa shape index (κ3) is 3.98. The maximum Gasteiger partial charge on any atom is 0.313 e. The summed E-state index contributed by atoms with van der Waals surface area (Å²) < 4.78 is 0. The van der Waals surface area contributed by atoms with E-state index in [1.165, 1.54) is 5.56 Å². The highest BCUT2D eigenvalue weighted by atomic mass is 16.2. The van der Waals surface area contributed by atoms with E-state index in [0.29, 0.717) is 31.2 Å². The van der Waals surface area contributed by atoms with E-state index < -0.39 is 11.8 Å². The minimum Gasteiger partial charge on any atom is -0.334 e. The molecule has 29 heavy (non-hydrogen) atoms. The van der Waals surface area contributed by atoms with Crippen LogP contribution in [0.3, 0.4) is 0 Å². The first-order valence-corrected chi connectivity index (χ1v) is 9.88. The minimum absolute atomic E-state index is 0.365. The van der Waals surface area contributed by atoms with Gasteiger partial charge in [0.05, 0.1) is 11.9 Å². The topological polar surface area (TPSA) is 88.3 Å². The maximum atomic E-state index is 12.7. The van der Waals surface area contributed by atoms with Crippen molar-refractivity contribution in [3.8, 4) is 0 Å². The van der Waals surface area contributed by atoms with E-state index in [1.54, 1.807) is 17.3 Å². The molecule has 6 nitrogen and oxygen atoms in total. The summed E-state index contributed by atoms with van der Waals surface area (Å²) in [6, 6.07) is 15.8. The van der Waals surface area contributed by atoms with Gasteiger partial charge in [-0.3, -0.25) is 14.6 Å². The molecule has 3 N–H and O–H groups in total. The third-order valence-corrected chi connectivity index (χ3v) is 5.61. The van der Waals surface area contributed by atoms with Gasteiger partial charge in [0, 0.05) is 36.6 Å². The molecule has 0 aliphatic carbocycles. The molecule has 0 saturated carbocycles.